The minimum atomic E-state index is 0.117. The van der Waals surface area contributed by atoms with E-state index in [0.717, 1.165) is 28.0 Å². The van der Waals surface area contributed by atoms with E-state index in [9.17, 15) is 4.79 Å². The van der Waals surface area contributed by atoms with Gasteiger partial charge in [0.1, 0.15) is 0 Å². The van der Waals surface area contributed by atoms with E-state index in [1.54, 1.807) is 11.3 Å². The lowest BCUT2D eigenvalue weighted by Gasteiger charge is -2.26. The molecule has 1 amide bonds. The Balaban J connectivity index is 1.47. The Morgan fingerprint density at radius 3 is 2.71 bits per heavy atom. The SMILES string of the molecule is CC(C)N(Cc1ccccc1)C(=O)CSc1nnc(NCCc2cccs2)s1. The van der Waals surface area contributed by atoms with E-state index in [0.29, 0.717) is 12.3 Å². The average molecular weight is 433 g/mol. The van der Waals surface area contributed by atoms with Gasteiger partial charge in [-0.15, -0.1) is 21.5 Å². The normalized spacial score (nSPS) is 11.0. The fourth-order valence-electron chi connectivity index (χ4n) is 2.63. The molecule has 0 saturated carbocycles. The van der Waals surface area contributed by atoms with Crippen LogP contribution in [0.1, 0.15) is 24.3 Å². The Bertz CT molecular complexity index is 849. The molecule has 3 aromatic rings. The highest BCUT2D eigenvalue weighted by Gasteiger charge is 2.18. The van der Waals surface area contributed by atoms with E-state index in [4.69, 9.17) is 0 Å². The first-order chi connectivity index (χ1) is 13.6. The number of benzene rings is 1. The van der Waals surface area contributed by atoms with Crippen molar-refractivity contribution in [1.29, 1.82) is 0 Å². The molecule has 5 nitrogen and oxygen atoms in total. The zero-order chi connectivity index (χ0) is 19.8. The van der Waals surface area contributed by atoms with Crippen LogP contribution in [0.15, 0.2) is 52.2 Å². The molecule has 3 rings (SSSR count). The molecule has 0 aliphatic rings. The summed E-state index contributed by atoms with van der Waals surface area (Å²) in [6, 6.07) is 14.4. The van der Waals surface area contributed by atoms with Crippen molar-refractivity contribution in [3.63, 3.8) is 0 Å². The smallest absolute Gasteiger partial charge is 0.233 e. The van der Waals surface area contributed by atoms with Crippen LogP contribution in [0.4, 0.5) is 5.13 Å². The van der Waals surface area contributed by atoms with Crippen molar-refractivity contribution in [3.05, 3.63) is 58.3 Å². The summed E-state index contributed by atoms with van der Waals surface area (Å²) >= 11 is 4.71. The highest BCUT2D eigenvalue weighted by atomic mass is 32.2. The third kappa shape index (κ3) is 6.32. The Kier molecular flexibility index (Phi) is 7.88. The average Bonchev–Trinajstić information content (AvgIpc) is 3.37. The van der Waals surface area contributed by atoms with Gasteiger partial charge in [0.05, 0.1) is 5.75 Å². The van der Waals surface area contributed by atoms with Gasteiger partial charge in [0.25, 0.3) is 0 Å². The van der Waals surface area contributed by atoms with Gasteiger partial charge in [-0.3, -0.25) is 4.79 Å². The third-order valence-electron chi connectivity index (χ3n) is 4.09. The van der Waals surface area contributed by atoms with Gasteiger partial charge in [-0.05, 0) is 37.3 Å². The standard InChI is InChI=1S/C20H24N4OS3/c1-15(2)24(13-16-7-4-3-5-8-16)18(25)14-27-20-23-22-19(28-20)21-11-10-17-9-6-12-26-17/h3-9,12,15H,10-11,13-14H2,1-2H3,(H,21,22). The molecule has 0 saturated heterocycles. The molecule has 0 atom stereocenters. The molecule has 2 heterocycles. The van der Waals surface area contributed by atoms with Crippen molar-refractivity contribution in [3.8, 4) is 0 Å². The number of hydrogen-bond acceptors (Lipinski definition) is 7. The predicted molar refractivity (Wildman–Crippen MR) is 119 cm³/mol. The Morgan fingerprint density at radius 1 is 1.18 bits per heavy atom. The first-order valence-corrected chi connectivity index (χ1v) is 11.9. The molecule has 0 aliphatic carbocycles. The van der Waals surface area contributed by atoms with Crippen molar-refractivity contribution in [2.75, 3.05) is 17.6 Å². The molecular formula is C20H24N4OS3. The van der Waals surface area contributed by atoms with Crippen LogP contribution >= 0.6 is 34.4 Å². The van der Waals surface area contributed by atoms with Gasteiger partial charge in [-0.25, -0.2) is 0 Å². The first kappa shape index (κ1) is 20.8. The van der Waals surface area contributed by atoms with Crippen molar-refractivity contribution >= 4 is 45.5 Å². The van der Waals surface area contributed by atoms with Crippen LogP contribution in [0.3, 0.4) is 0 Å². The molecule has 0 aliphatic heterocycles. The maximum atomic E-state index is 12.7. The number of aromatic nitrogens is 2. The summed E-state index contributed by atoms with van der Waals surface area (Å²) < 4.78 is 0.815. The van der Waals surface area contributed by atoms with Crippen LogP contribution in [0, 0.1) is 0 Å². The number of carbonyl (C=O) groups is 1. The number of thioether (sulfide) groups is 1. The molecule has 0 unspecified atom stereocenters. The largest absolute Gasteiger partial charge is 0.360 e. The van der Waals surface area contributed by atoms with E-state index in [1.807, 2.05) is 36.9 Å². The zero-order valence-corrected chi connectivity index (χ0v) is 18.4. The highest BCUT2D eigenvalue weighted by molar-refractivity contribution is 8.01. The molecule has 8 heteroatoms. The van der Waals surface area contributed by atoms with Crippen LogP contribution in [-0.2, 0) is 17.8 Å². The van der Waals surface area contributed by atoms with Gasteiger partial charge in [-0.2, -0.15) is 0 Å². The summed E-state index contributed by atoms with van der Waals surface area (Å²) in [7, 11) is 0. The lowest BCUT2D eigenvalue weighted by atomic mass is 10.2. The number of carbonyl (C=O) groups excluding carboxylic acids is 1. The van der Waals surface area contributed by atoms with E-state index >= 15 is 0 Å². The Morgan fingerprint density at radius 2 is 2.00 bits per heavy atom. The lowest BCUT2D eigenvalue weighted by Crippen LogP contribution is -2.37. The van der Waals surface area contributed by atoms with Crippen molar-refractivity contribution in [2.24, 2.45) is 0 Å². The number of amides is 1. The summed E-state index contributed by atoms with van der Waals surface area (Å²) in [5.41, 5.74) is 1.14. The maximum absolute atomic E-state index is 12.7. The van der Waals surface area contributed by atoms with Crippen molar-refractivity contribution in [1.82, 2.24) is 15.1 Å². The molecule has 28 heavy (non-hydrogen) atoms. The number of thiophene rings is 1. The second-order valence-corrected chi connectivity index (χ2v) is 9.75. The number of hydrogen-bond donors (Lipinski definition) is 1. The fourth-order valence-corrected chi connectivity index (χ4v) is 5.00. The second kappa shape index (κ2) is 10.6. The summed E-state index contributed by atoms with van der Waals surface area (Å²) in [5.74, 6) is 0.487. The molecule has 1 N–H and O–H groups in total. The molecule has 0 fully saturated rings. The monoisotopic (exact) mass is 432 g/mol. The quantitative estimate of drug-likeness (QED) is 0.467. The molecule has 0 spiro atoms. The van der Waals surface area contributed by atoms with Gasteiger partial charge in [0, 0.05) is 24.0 Å². The summed E-state index contributed by atoms with van der Waals surface area (Å²) in [5, 5.41) is 14.6. The molecule has 0 bridgehead atoms. The van der Waals surface area contributed by atoms with Crippen molar-refractivity contribution < 1.29 is 4.79 Å². The summed E-state index contributed by atoms with van der Waals surface area (Å²) in [6.45, 7) is 5.55. The van der Waals surface area contributed by atoms with E-state index in [-0.39, 0.29) is 11.9 Å². The molecule has 1 aromatic carbocycles. The first-order valence-electron chi connectivity index (χ1n) is 9.18. The summed E-state index contributed by atoms with van der Waals surface area (Å²) in [6.07, 6.45) is 0.973. The number of nitrogens with one attached hydrogen (secondary N) is 1. The van der Waals surface area contributed by atoms with Gasteiger partial charge in [0.15, 0.2) is 4.34 Å². The van der Waals surface area contributed by atoms with Gasteiger partial charge >= 0.3 is 0 Å². The van der Waals surface area contributed by atoms with E-state index < -0.39 is 0 Å². The molecule has 148 valence electrons. The fraction of sp³-hybridized carbons (Fsp3) is 0.350. The zero-order valence-electron chi connectivity index (χ0n) is 16.0. The Labute approximate surface area is 178 Å². The van der Waals surface area contributed by atoms with E-state index in [1.165, 1.54) is 28.0 Å². The second-order valence-electron chi connectivity index (χ2n) is 6.52. The van der Waals surface area contributed by atoms with E-state index in [2.05, 4.69) is 45.2 Å². The van der Waals surface area contributed by atoms with Crippen LogP contribution < -0.4 is 5.32 Å². The highest BCUT2D eigenvalue weighted by Crippen LogP contribution is 2.26. The van der Waals surface area contributed by atoms with Crippen LogP contribution in [-0.4, -0.2) is 39.3 Å². The van der Waals surface area contributed by atoms with Crippen LogP contribution in [0.25, 0.3) is 0 Å². The van der Waals surface area contributed by atoms with Crippen molar-refractivity contribution in [2.45, 2.75) is 37.2 Å². The third-order valence-corrected chi connectivity index (χ3v) is 7.03. The summed E-state index contributed by atoms with van der Waals surface area (Å²) in [4.78, 5) is 16.0. The van der Waals surface area contributed by atoms with Gasteiger partial charge in [-0.1, -0.05) is 59.5 Å². The van der Waals surface area contributed by atoms with Crippen LogP contribution in [0.2, 0.25) is 0 Å². The van der Waals surface area contributed by atoms with Gasteiger partial charge in [0.2, 0.25) is 11.0 Å². The predicted octanol–water partition coefficient (Wildman–Crippen LogP) is 4.78. The Hall–Kier alpha value is -1.90. The number of nitrogens with zero attached hydrogens (tertiary/aromatic N) is 3. The minimum Gasteiger partial charge on any atom is -0.360 e. The number of anilines is 1. The number of rotatable bonds is 10. The van der Waals surface area contributed by atoms with Gasteiger partial charge < -0.3 is 10.2 Å². The molecular weight excluding hydrogens is 408 g/mol. The minimum absolute atomic E-state index is 0.117. The molecule has 0 radical (unpaired) electrons. The topological polar surface area (TPSA) is 58.1 Å². The lowest BCUT2D eigenvalue weighted by molar-refractivity contribution is -0.130. The van der Waals surface area contributed by atoms with Crippen LogP contribution in [0.5, 0.6) is 0 Å². The molecule has 2 aromatic heterocycles. The maximum Gasteiger partial charge on any atom is 0.233 e.